The molecular formula is C25H37N5O7S2. The zero-order chi connectivity index (χ0) is 28.3. The number of ether oxygens (including phenoxy) is 2. The van der Waals surface area contributed by atoms with Crippen molar-refractivity contribution in [2.75, 3.05) is 58.9 Å². The third-order valence-corrected chi connectivity index (χ3v) is 10.4. The summed E-state index contributed by atoms with van der Waals surface area (Å²) in [6.07, 6.45) is 2.65. The number of anilines is 1. The van der Waals surface area contributed by atoms with Gasteiger partial charge in [-0.25, -0.2) is 26.5 Å². The fourth-order valence-corrected chi connectivity index (χ4v) is 7.34. The second kappa shape index (κ2) is 12.0. The van der Waals surface area contributed by atoms with Crippen LogP contribution in [0.4, 0.5) is 5.82 Å². The maximum Gasteiger partial charge on any atom is 0.246 e. The molecule has 0 radical (unpaired) electrons. The Morgan fingerprint density at radius 1 is 1.21 bits per heavy atom. The standard InChI is InChI=1S/C25H37N5O7S2/c1-26-38(32,33)22-7-4-6-21(14-22)36-18-20(31)16-28-19-15-25(37-17-19)9-12-30(13-10-25)39(34,35)23-8-5-11-27-24(23)29(2)3/h4-8,11,14,19-20,26,28,31H,9-10,12-13,15-18H2,1-3H3/t19?,20-/m0/s1. The summed E-state index contributed by atoms with van der Waals surface area (Å²) in [6, 6.07) is 9.32. The fourth-order valence-electron chi connectivity index (χ4n) is 4.92. The summed E-state index contributed by atoms with van der Waals surface area (Å²) in [6.45, 7) is 1.45. The van der Waals surface area contributed by atoms with Gasteiger partial charge in [-0.2, -0.15) is 4.31 Å². The van der Waals surface area contributed by atoms with Gasteiger partial charge in [-0.15, -0.1) is 0 Å². The summed E-state index contributed by atoms with van der Waals surface area (Å²) in [5.74, 6) is 0.761. The van der Waals surface area contributed by atoms with Gasteiger partial charge in [-0.1, -0.05) is 6.07 Å². The number of hydrogen-bond donors (Lipinski definition) is 3. The van der Waals surface area contributed by atoms with Crippen LogP contribution in [0.5, 0.6) is 5.75 Å². The molecule has 2 fully saturated rings. The van der Waals surface area contributed by atoms with Crippen LogP contribution in [0.2, 0.25) is 0 Å². The minimum atomic E-state index is -3.69. The molecule has 3 heterocycles. The second-order valence-corrected chi connectivity index (χ2v) is 13.9. The number of rotatable bonds is 11. The van der Waals surface area contributed by atoms with Gasteiger partial charge < -0.3 is 24.8 Å². The van der Waals surface area contributed by atoms with E-state index >= 15 is 0 Å². The highest BCUT2D eigenvalue weighted by Crippen LogP contribution is 2.38. The van der Waals surface area contributed by atoms with Crippen molar-refractivity contribution in [2.24, 2.45) is 0 Å². The number of benzene rings is 1. The number of aromatic nitrogens is 1. The largest absolute Gasteiger partial charge is 0.491 e. The van der Waals surface area contributed by atoms with Gasteiger partial charge in [0, 0.05) is 52.0 Å². The second-order valence-electron chi connectivity index (χ2n) is 10.1. The highest BCUT2D eigenvalue weighted by Gasteiger charge is 2.45. The van der Waals surface area contributed by atoms with Crippen LogP contribution in [0, 0.1) is 0 Å². The van der Waals surface area contributed by atoms with Crippen molar-refractivity contribution in [1.29, 1.82) is 0 Å². The number of aliphatic hydroxyl groups is 1. The molecule has 0 amide bonds. The van der Waals surface area contributed by atoms with Crippen molar-refractivity contribution >= 4 is 25.9 Å². The van der Waals surface area contributed by atoms with Gasteiger partial charge in [0.15, 0.2) is 0 Å². The molecule has 14 heteroatoms. The van der Waals surface area contributed by atoms with E-state index < -0.39 is 31.8 Å². The van der Waals surface area contributed by atoms with Gasteiger partial charge >= 0.3 is 0 Å². The lowest BCUT2D eigenvalue weighted by molar-refractivity contribution is -0.0312. The zero-order valence-electron chi connectivity index (χ0n) is 22.4. The molecule has 1 spiro atoms. The predicted molar refractivity (Wildman–Crippen MR) is 146 cm³/mol. The number of nitrogens with zero attached hydrogens (tertiary/aromatic N) is 3. The molecule has 2 atom stereocenters. The number of aliphatic hydroxyl groups excluding tert-OH is 1. The van der Waals surface area contributed by atoms with Gasteiger partial charge in [0.25, 0.3) is 0 Å². The highest BCUT2D eigenvalue weighted by molar-refractivity contribution is 7.89. The molecule has 2 aliphatic rings. The quantitative estimate of drug-likeness (QED) is 0.339. The van der Waals surface area contributed by atoms with E-state index in [2.05, 4.69) is 15.0 Å². The van der Waals surface area contributed by atoms with Crippen LogP contribution in [0.1, 0.15) is 19.3 Å². The number of pyridine rings is 1. The minimum absolute atomic E-state index is 0.00905. The molecule has 1 aromatic heterocycles. The Morgan fingerprint density at radius 2 is 1.95 bits per heavy atom. The summed E-state index contributed by atoms with van der Waals surface area (Å²) in [7, 11) is -2.40. The minimum Gasteiger partial charge on any atom is -0.491 e. The third-order valence-electron chi connectivity index (χ3n) is 7.10. The van der Waals surface area contributed by atoms with Gasteiger partial charge in [0.2, 0.25) is 20.0 Å². The molecule has 2 saturated heterocycles. The van der Waals surface area contributed by atoms with E-state index in [1.54, 1.807) is 49.5 Å². The monoisotopic (exact) mass is 583 g/mol. The van der Waals surface area contributed by atoms with Crippen LogP contribution in [0.15, 0.2) is 52.4 Å². The summed E-state index contributed by atoms with van der Waals surface area (Å²) >= 11 is 0. The van der Waals surface area contributed by atoms with Crippen molar-refractivity contribution in [3.05, 3.63) is 42.6 Å². The topological polar surface area (TPSA) is 150 Å². The molecule has 3 N–H and O–H groups in total. The average Bonchev–Trinajstić information content (AvgIpc) is 3.33. The maximum absolute atomic E-state index is 13.3. The molecule has 39 heavy (non-hydrogen) atoms. The first-order valence-corrected chi connectivity index (χ1v) is 15.7. The van der Waals surface area contributed by atoms with Gasteiger partial charge in [0.05, 0.1) is 17.1 Å². The molecule has 0 aliphatic carbocycles. The Hall–Kier alpha value is -2.33. The van der Waals surface area contributed by atoms with Crippen molar-refractivity contribution in [3.8, 4) is 5.75 Å². The first kappa shape index (κ1) is 29.6. The van der Waals surface area contributed by atoms with Crippen LogP contribution in [0.3, 0.4) is 0 Å². The number of hydrogen-bond acceptors (Lipinski definition) is 10. The fraction of sp³-hybridized carbons (Fsp3) is 0.560. The van der Waals surface area contributed by atoms with Crippen LogP contribution in [0.25, 0.3) is 0 Å². The molecular weight excluding hydrogens is 546 g/mol. The van der Waals surface area contributed by atoms with E-state index in [9.17, 15) is 21.9 Å². The van der Waals surface area contributed by atoms with Gasteiger partial charge in [0.1, 0.15) is 29.2 Å². The SMILES string of the molecule is CNS(=O)(=O)c1cccc(OC[C@@H](O)CNC2COC3(CCN(S(=O)(=O)c4cccnc4N(C)C)CC3)C2)c1. The van der Waals surface area contributed by atoms with Gasteiger partial charge in [-0.05, 0) is 50.6 Å². The van der Waals surface area contributed by atoms with Crippen LogP contribution in [-0.4, -0.2) is 103 Å². The summed E-state index contributed by atoms with van der Waals surface area (Å²) in [5, 5.41) is 13.7. The molecule has 0 bridgehead atoms. The Labute approximate surface area is 230 Å². The maximum atomic E-state index is 13.3. The van der Waals surface area contributed by atoms with E-state index in [0.29, 0.717) is 50.5 Å². The molecule has 2 aliphatic heterocycles. The highest BCUT2D eigenvalue weighted by atomic mass is 32.2. The Balaban J connectivity index is 1.25. The Morgan fingerprint density at radius 3 is 2.64 bits per heavy atom. The molecule has 1 aromatic carbocycles. The summed E-state index contributed by atoms with van der Waals surface area (Å²) in [5.41, 5.74) is -0.399. The molecule has 1 unspecified atom stereocenters. The first-order valence-electron chi connectivity index (χ1n) is 12.8. The normalized spacial score (nSPS) is 20.7. The van der Waals surface area contributed by atoms with Gasteiger partial charge in [-0.3, -0.25) is 0 Å². The van der Waals surface area contributed by atoms with Crippen molar-refractivity contribution < 1.29 is 31.4 Å². The Bertz CT molecular complexity index is 1350. The van der Waals surface area contributed by atoms with E-state index in [-0.39, 0.29) is 29.0 Å². The van der Waals surface area contributed by atoms with Crippen LogP contribution < -0.4 is 19.7 Å². The lowest BCUT2D eigenvalue weighted by Crippen LogP contribution is -2.47. The van der Waals surface area contributed by atoms with Crippen molar-refractivity contribution in [2.45, 2.75) is 46.8 Å². The van der Waals surface area contributed by atoms with E-state index in [1.165, 1.54) is 23.5 Å². The lowest BCUT2D eigenvalue weighted by Gasteiger charge is -2.38. The molecule has 12 nitrogen and oxygen atoms in total. The molecule has 0 saturated carbocycles. The lowest BCUT2D eigenvalue weighted by atomic mass is 9.88. The molecule has 4 rings (SSSR count). The van der Waals surface area contributed by atoms with Crippen molar-refractivity contribution in [1.82, 2.24) is 19.3 Å². The van der Waals surface area contributed by atoms with Crippen molar-refractivity contribution in [3.63, 3.8) is 0 Å². The predicted octanol–water partition coefficient (Wildman–Crippen LogP) is 0.397. The Kier molecular flexibility index (Phi) is 9.15. The van der Waals surface area contributed by atoms with E-state index in [0.717, 1.165) is 0 Å². The molecule has 216 valence electrons. The number of nitrogens with one attached hydrogen (secondary N) is 2. The number of piperidine rings is 1. The smallest absolute Gasteiger partial charge is 0.246 e. The summed E-state index contributed by atoms with van der Waals surface area (Å²) < 4.78 is 66.1. The zero-order valence-corrected chi connectivity index (χ0v) is 24.0. The third kappa shape index (κ3) is 6.88. The van der Waals surface area contributed by atoms with Crippen LogP contribution in [-0.2, 0) is 24.8 Å². The first-order chi connectivity index (χ1) is 18.5. The number of sulfonamides is 2. The molecule has 2 aromatic rings. The summed E-state index contributed by atoms with van der Waals surface area (Å²) in [4.78, 5) is 6.21. The van der Waals surface area contributed by atoms with E-state index in [4.69, 9.17) is 9.47 Å². The van der Waals surface area contributed by atoms with Crippen LogP contribution >= 0.6 is 0 Å². The average molecular weight is 584 g/mol. The van der Waals surface area contributed by atoms with E-state index in [1.807, 2.05) is 0 Å².